The van der Waals surface area contributed by atoms with Crippen LogP contribution in [0.3, 0.4) is 0 Å². The average Bonchev–Trinajstić information content (AvgIpc) is 3.02. The summed E-state index contributed by atoms with van der Waals surface area (Å²) in [5.74, 6) is 0.150. The Kier molecular flexibility index (Phi) is 6.57. The van der Waals surface area contributed by atoms with E-state index in [2.05, 4.69) is 49.8 Å². The van der Waals surface area contributed by atoms with Gasteiger partial charge in [0.05, 0.1) is 5.54 Å². The lowest BCUT2D eigenvalue weighted by atomic mass is 10.1. The van der Waals surface area contributed by atoms with Gasteiger partial charge >= 0.3 is 6.61 Å². The second-order valence-electron chi connectivity index (χ2n) is 7.72. The summed E-state index contributed by atoms with van der Waals surface area (Å²) in [5, 5.41) is 7.34. The molecule has 5 nitrogen and oxygen atoms in total. The predicted molar refractivity (Wildman–Crippen MR) is 100 cm³/mol. The van der Waals surface area contributed by atoms with Gasteiger partial charge in [-0.3, -0.25) is 9.48 Å². The number of rotatable bonds is 7. The van der Waals surface area contributed by atoms with Crippen LogP contribution in [0.1, 0.15) is 62.3 Å². The Bertz CT molecular complexity index is 763. The molecular weight excluding hydrogens is 352 g/mol. The molecule has 148 valence electrons. The van der Waals surface area contributed by atoms with Crippen molar-refractivity contribution < 1.29 is 18.3 Å². The van der Waals surface area contributed by atoms with E-state index in [1.165, 1.54) is 12.1 Å². The molecule has 1 N–H and O–H groups in total. The van der Waals surface area contributed by atoms with Gasteiger partial charge in [0.2, 0.25) is 0 Å². The van der Waals surface area contributed by atoms with Gasteiger partial charge in [-0.1, -0.05) is 26.0 Å². The predicted octanol–water partition coefficient (Wildman–Crippen LogP) is 4.34. The molecule has 0 atom stereocenters. The highest BCUT2D eigenvalue weighted by Crippen LogP contribution is 2.23. The third kappa shape index (κ3) is 5.77. The highest BCUT2D eigenvalue weighted by Gasteiger charge is 2.23. The lowest BCUT2D eigenvalue weighted by molar-refractivity contribution is -0.0498. The van der Waals surface area contributed by atoms with Crippen molar-refractivity contribution in [3.05, 3.63) is 47.3 Å². The zero-order valence-electron chi connectivity index (χ0n) is 16.4. The molecule has 0 saturated carbocycles. The summed E-state index contributed by atoms with van der Waals surface area (Å²) in [5.41, 5.74) is 2.12. The quantitative estimate of drug-likeness (QED) is 0.779. The SMILES string of the molecule is CC(C)c1cc(C(=O)NCCc2ccc(OC(F)F)cc2)nn1C(C)(C)C. The second kappa shape index (κ2) is 8.50. The molecule has 0 unspecified atom stereocenters. The van der Waals surface area contributed by atoms with E-state index in [1.54, 1.807) is 12.1 Å². The van der Waals surface area contributed by atoms with Crippen LogP contribution in [0.2, 0.25) is 0 Å². The maximum Gasteiger partial charge on any atom is 0.387 e. The molecule has 0 fully saturated rings. The molecule has 0 radical (unpaired) electrons. The normalized spacial score (nSPS) is 11.9. The number of aromatic nitrogens is 2. The van der Waals surface area contributed by atoms with Crippen LogP contribution in [0.15, 0.2) is 30.3 Å². The Labute approximate surface area is 158 Å². The molecule has 27 heavy (non-hydrogen) atoms. The minimum absolute atomic E-state index is 0.117. The van der Waals surface area contributed by atoms with Crippen LogP contribution < -0.4 is 10.1 Å². The lowest BCUT2D eigenvalue weighted by Gasteiger charge is -2.23. The van der Waals surface area contributed by atoms with Crippen LogP contribution >= 0.6 is 0 Å². The zero-order chi connectivity index (χ0) is 20.2. The molecule has 2 rings (SSSR count). The fraction of sp³-hybridized carbons (Fsp3) is 0.500. The van der Waals surface area contributed by atoms with Crippen molar-refractivity contribution in [2.45, 2.75) is 59.1 Å². The van der Waals surface area contributed by atoms with Crippen molar-refractivity contribution >= 4 is 5.91 Å². The summed E-state index contributed by atoms with van der Waals surface area (Å²) in [4.78, 5) is 12.4. The topological polar surface area (TPSA) is 56.1 Å². The number of amides is 1. The smallest absolute Gasteiger partial charge is 0.387 e. The summed E-state index contributed by atoms with van der Waals surface area (Å²) in [6, 6.07) is 8.22. The maximum atomic E-state index is 12.4. The number of hydrogen-bond donors (Lipinski definition) is 1. The zero-order valence-corrected chi connectivity index (χ0v) is 16.4. The summed E-state index contributed by atoms with van der Waals surface area (Å²) in [6.07, 6.45) is 0.581. The highest BCUT2D eigenvalue weighted by molar-refractivity contribution is 5.92. The number of ether oxygens (including phenoxy) is 1. The van der Waals surface area contributed by atoms with Crippen molar-refractivity contribution in [1.29, 1.82) is 0 Å². The number of benzene rings is 1. The van der Waals surface area contributed by atoms with Gasteiger partial charge in [0.15, 0.2) is 0 Å². The number of carbonyl (C=O) groups excluding carboxylic acids is 1. The van der Waals surface area contributed by atoms with E-state index in [9.17, 15) is 13.6 Å². The molecule has 1 heterocycles. The van der Waals surface area contributed by atoms with Crippen LogP contribution in [-0.2, 0) is 12.0 Å². The van der Waals surface area contributed by atoms with E-state index in [0.29, 0.717) is 18.7 Å². The Morgan fingerprint density at radius 1 is 1.22 bits per heavy atom. The average molecular weight is 379 g/mol. The Morgan fingerprint density at radius 2 is 1.85 bits per heavy atom. The van der Waals surface area contributed by atoms with Gasteiger partial charge in [-0.15, -0.1) is 0 Å². The molecule has 1 amide bonds. The van der Waals surface area contributed by atoms with Gasteiger partial charge in [0.25, 0.3) is 5.91 Å². The van der Waals surface area contributed by atoms with Gasteiger partial charge in [-0.2, -0.15) is 13.9 Å². The largest absolute Gasteiger partial charge is 0.435 e. The van der Waals surface area contributed by atoms with Gasteiger partial charge in [-0.05, 0) is 56.9 Å². The first-order valence-corrected chi connectivity index (χ1v) is 9.00. The molecule has 0 bridgehead atoms. The summed E-state index contributed by atoms with van der Waals surface area (Å²) in [6.45, 7) is 7.88. The number of nitrogens with one attached hydrogen (secondary N) is 1. The van der Waals surface area contributed by atoms with Crippen molar-refractivity contribution in [1.82, 2.24) is 15.1 Å². The van der Waals surface area contributed by atoms with Crippen molar-refractivity contribution in [3.8, 4) is 5.75 Å². The Hall–Kier alpha value is -2.44. The highest BCUT2D eigenvalue weighted by atomic mass is 19.3. The van der Waals surface area contributed by atoms with Gasteiger partial charge in [0.1, 0.15) is 11.4 Å². The molecule has 0 aliphatic carbocycles. The summed E-state index contributed by atoms with van der Waals surface area (Å²) in [7, 11) is 0. The first-order valence-electron chi connectivity index (χ1n) is 9.00. The number of carbonyl (C=O) groups is 1. The molecule has 0 aliphatic rings. The second-order valence-corrected chi connectivity index (χ2v) is 7.72. The number of nitrogens with zero attached hydrogens (tertiary/aromatic N) is 2. The number of alkyl halides is 2. The molecular formula is C20H27F2N3O2. The molecule has 1 aromatic heterocycles. The Balaban J connectivity index is 1.96. The third-order valence-electron chi connectivity index (χ3n) is 4.04. The fourth-order valence-electron chi connectivity index (χ4n) is 2.70. The van der Waals surface area contributed by atoms with E-state index in [0.717, 1.165) is 11.3 Å². The van der Waals surface area contributed by atoms with Crippen LogP contribution in [0.25, 0.3) is 0 Å². The molecule has 0 aliphatic heterocycles. The fourth-order valence-corrected chi connectivity index (χ4v) is 2.70. The minimum Gasteiger partial charge on any atom is -0.435 e. The first-order chi connectivity index (χ1) is 12.6. The molecule has 0 spiro atoms. The van der Waals surface area contributed by atoms with Gasteiger partial charge < -0.3 is 10.1 Å². The molecule has 2 aromatic rings. The van der Waals surface area contributed by atoms with E-state index < -0.39 is 6.61 Å². The van der Waals surface area contributed by atoms with Crippen molar-refractivity contribution in [3.63, 3.8) is 0 Å². The van der Waals surface area contributed by atoms with Crippen molar-refractivity contribution in [2.24, 2.45) is 0 Å². The van der Waals surface area contributed by atoms with E-state index in [4.69, 9.17) is 0 Å². The lowest BCUT2D eigenvalue weighted by Crippen LogP contribution is -2.28. The summed E-state index contributed by atoms with van der Waals surface area (Å²) < 4.78 is 30.5. The summed E-state index contributed by atoms with van der Waals surface area (Å²) >= 11 is 0. The maximum absolute atomic E-state index is 12.4. The van der Waals surface area contributed by atoms with E-state index in [1.807, 2.05) is 10.7 Å². The number of hydrogen-bond acceptors (Lipinski definition) is 3. The van der Waals surface area contributed by atoms with Gasteiger partial charge in [-0.25, -0.2) is 0 Å². The monoisotopic (exact) mass is 379 g/mol. The molecule has 1 aromatic carbocycles. The minimum atomic E-state index is -2.83. The van der Waals surface area contributed by atoms with Crippen molar-refractivity contribution in [2.75, 3.05) is 6.54 Å². The molecule has 7 heteroatoms. The van der Waals surface area contributed by atoms with Crippen LogP contribution in [0, 0.1) is 0 Å². The van der Waals surface area contributed by atoms with Crippen LogP contribution in [0.5, 0.6) is 5.75 Å². The van der Waals surface area contributed by atoms with Crippen LogP contribution in [-0.4, -0.2) is 28.8 Å². The van der Waals surface area contributed by atoms with Gasteiger partial charge in [0, 0.05) is 12.2 Å². The van der Waals surface area contributed by atoms with Crippen LogP contribution in [0.4, 0.5) is 8.78 Å². The van der Waals surface area contributed by atoms with E-state index in [-0.39, 0.29) is 23.1 Å². The first kappa shape index (κ1) is 20.9. The third-order valence-corrected chi connectivity index (χ3v) is 4.04. The standard InChI is InChI=1S/C20H27F2N3O2/c1-13(2)17-12-16(24-25(17)20(3,4)5)18(26)23-11-10-14-6-8-15(9-7-14)27-19(21)22/h6-9,12-13,19H,10-11H2,1-5H3,(H,23,26). The Morgan fingerprint density at radius 3 is 2.33 bits per heavy atom. The number of halogens is 2. The van der Waals surface area contributed by atoms with E-state index >= 15 is 0 Å². The molecule has 0 saturated heterocycles.